The maximum Gasteiger partial charge on any atom is 0.307 e. The molecule has 0 saturated carbocycles. The van der Waals surface area contributed by atoms with Crippen molar-refractivity contribution < 1.29 is 24.0 Å². The molecule has 0 spiro atoms. The van der Waals surface area contributed by atoms with E-state index in [4.69, 9.17) is 4.74 Å². The van der Waals surface area contributed by atoms with Crippen LogP contribution in [-0.2, 0) is 14.3 Å². The number of carbonyl (C=O) groups excluding carboxylic acids is 3. The number of hydrogen-bond donors (Lipinski definition) is 2. The molecule has 2 aromatic rings. The van der Waals surface area contributed by atoms with Crippen LogP contribution in [0.3, 0.4) is 0 Å². The number of aryl methyl sites for hydroxylation is 1. The summed E-state index contributed by atoms with van der Waals surface area (Å²) in [6.07, 6.45) is -0.0726. The van der Waals surface area contributed by atoms with Crippen LogP contribution in [0.5, 0.6) is 0 Å². The minimum Gasteiger partial charge on any atom is -0.469 e. The first kappa shape index (κ1) is 22.5. The Morgan fingerprint density at radius 1 is 1.10 bits per heavy atom. The second kappa shape index (κ2) is 10.1. The molecule has 30 heavy (non-hydrogen) atoms. The van der Waals surface area contributed by atoms with E-state index in [0.717, 1.165) is 17.2 Å². The van der Waals surface area contributed by atoms with Crippen molar-refractivity contribution in [2.45, 2.75) is 32.4 Å². The highest BCUT2D eigenvalue weighted by molar-refractivity contribution is 5.98. The largest absolute Gasteiger partial charge is 0.469 e. The van der Waals surface area contributed by atoms with Crippen molar-refractivity contribution in [1.29, 1.82) is 0 Å². The minimum absolute atomic E-state index is 0.0634. The van der Waals surface area contributed by atoms with Crippen LogP contribution in [-0.4, -0.2) is 35.9 Å². The molecule has 0 radical (unpaired) electrons. The molecule has 1 unspecified atom stereocenters. The lowest BCUT2D eigenvalue weighted by Crippen LogP contribution is -2.46. The first-order valence-corrected chi connectivity index (χ1v) is 9.20. The van der Waals surface area contributed by atoms with E-state index in [1.54, 1.807) is 12.1 Å². The van der Waals surface area contributed by atoms with Crippen LogP contribution in [0.25, 0.3) is 0 Å². The van der Waals surface area contributed by atoms with E-state index in [1.807, 2.05) is 19.1 Å². The van der Waals surface area contributed by atoms with Gasteiger partial charge in [0.25, 0.3) is 11.6 Å². The summed E-state index contributed by atoms with van der Waals surface area (Å²) in [5.74, 6) is -1.63. The molecule has 0 bridgehead atoms. The van der Waals surface area contributed by atoms with Crippen LogP contribution >= 0.6 is 0 Å². The fourth-order valence-electron chi connectivity index (χ4n) is 2.70. The number of non-ortho nitro benzene ring substituents is 1. The number of benzene rings is 2. The lowest BCUT2D eigenvalue weighted by Gasteiger charge is -2.21. The highest BCUT2D eigenvalue weighted by Gasteiger charge is 2.23. The van der Waals surface area contributed by atoms with Gasteiger partial charge in [-0.25, -0.2) is 0 Å². The average molecular weight is 413 g/mol. The number of amides is 2. The zero-order valence-corrected chi connectivity index (χ0v) is 16.9. The number of ether oxygens (including phenoxy) is 1. The number of nitro groups is 1. The van der Waals surface area contributed by atoms with Gasteiger partial charge in [0.15, 0.2) is 0 Å². The summed E-state index contributed by atoms with van der Waals surface area (Å²) in [6.45, 7) is 3.40. The lowest BCUT2D eigenvalue weighted by molar-refractivity contribution is -0.384. The average Bonchev–Trinajstić information content (AvgIpc) is 2.73. The summed E-state index contributed by atoms with van der Waals surface area (Å²) in [5, 5.41) is 16.1. The van der Waals surface area contributed by atoms with Crippen molar-refractivity contribution in [1.82, 2.24) is 10.6 Å². The van der Waals surface area contributed by atoms with Gasteiger partial charge < -0.3 is 15.4 Å². The molecule has 0 aliphatic heterocycles. The summed E-state index contributed by atoms with van der Waals surface area (Å²) >= 11 is 0. The molecule has 9 heteroatoms. The molecule has 2 amide bonds. The first-order valence-electron chi connectivity index (χ1n) is 9.20. The smallest absolute Gasteiger partial charge is 0.307 e. The molecule has 2 aromatic carbocycles. The third kappa shape index (κ3) is 6.13. The lowest BCUT2D eigenvalue weighted by atomic mass is 10.0. The van der Waals surface area contributed by atoms with Crippen molar-refractivity contribution in [3.63, 3.8) is 0 Å². The van der Waals surface area contributed by atoms with Gasteiger partial charge in [-0.2, -0.15) is 0 Å². The first-order chi connectivity index (χ1) is 14.2. The maximum absolute atomic E-state index is 12.6. The molecular formula is C21H23N3O6. The Balaban J connectivity index is 2.09. The highest BCUT2D eigenvalue weighted by atomic mass is 16.6. The van der Waals surface area contributed by atoms with Crippen molar-refractivity contribution >= 4 is 23.5 Å². The molecule has 0 aliphatic carbocycles. The monoisotopic (exact) mass is 413 g/mol. The Labute approximate surface area is 173 Å². The Morgan fingerprint density at radius 2 is 1.77 bits per heavy atom. The fraction of sp³-hybridized carbons (Fsp3) is 0.286. The standard InChI is InChI=1S/C21H23N3O6/c1-13-7-9-15(10-8-13)18(12-19(25)30-3)23-20(26)14(2)22-21(27)16-5-4-6-17(11-16)24(28)29/h4-11,14,18H,12H2,1-3H3,(H,22,27)(H,23,26)/t14-,18?/m0/s1. The van der Waals surface area contributed by atoms with Crippen LogP contribution in [0.4, 0.5) is 5.69 Å². The minimum atomic E-state index is -0.942. The summed E-state index contributed by atoms with van der Waals surface area (Å²) in [7, 11) is 1.26. The molecule has 2 atom stereocenters. The van der Waals surface area contributed by atoms with Crippen molar-refractivity contribution in [2.75, 3.05) is 7.11 Å². The van der Waals surface area contributed by atoms with E-state index in [0.29, 0.717) is 0 Å². The Kier molecular flexibility index (Phi) is 7.62. The molecule has 2 rings (SSSR count). The van der Waals surface area contributed by atoms with Crippen molar-refractivity contribution in [3.05, 3.63) is 75.3 Å². The fourth-order valence-corrected chi connectivity index (χ4v) is 2.70. The zero-order valence-electron chi connectivity index (χ0n) is 16.9. The van der Waals surface area contributed by atoms with E-state index >= 15 is 0 Å². The van der Waals surface area contributed by atoms with Crippen LogP contribution in [0.1, 0.15) is 40.9 Å². The van der Waals surface area contributed by atoms with E-state index in [1.165, 1.54) is 32.2 Å². The number of methoxy groups -OCH3 is 1. The third-order valence-electron chi connectivity index (χ3n) is 4.45. The summed E-state index contributed by atoms with van der Waals surface area (Å²) in [6, 6.07) is 11.0. The van der Waals surface area contributed by atoms with Gasteiger partial charge in [0.1, 0.15) is 6.04 Å². The summed E-state index contributed by atoms with van der Waals surface area (Å²) in [5.41, 5.74) is 1.59. The normalized spacial score (nSPS) is 12.4. The van der Waals surface area contributed by atoms with Gasteiger partial charge in [0.05, 0.1) is 24.5 Å². The van der Waals surface area contributed by atoms with Crippen molar-refractivity contribution in [3.8, 4) is 0 Å². The van der Waals surface area contributed by atoms with Gasteiger partial charge in [-0.3, -0.25) is 24.5 Å². The van der Waals surface area contributed by atoms with Crippen LogP contribution < -0.4 is 10.6 Å². The third-order valence-corrected chi connectivity index (χ3v) is 4.45. The molecule has 0 heterocycles. The van der Waals surface area contributed by atoms with Gasteiger partial charge in [0, 0.05) is 17.7 Å². The van der Waals surface area contributed by atoms with Crippen LogP contribution in [0.15, 0.2) is 48.5 Å². The summed E-state index contributed by atoms with van der Waals surface area (Å²) in [4.78, 5) is 47.0. The molecule has 9 nitrogen and oxygen atoms in total. The predicted molar refractivity (Wildman–Crippen MR) is 109 cm³/mol. The molecule has 0 aliphatic rings. The van der Waals surface area contributed by atoms with E-state index in [-0.39, 0.29) is 17.7 Å². The van der Waals surface area contributed by atoms with Gasteiger partial charge >= 0.3 is 5.97 Å². The molecule has 2 N–H and O–H groups in total. The van der Waals surface area contributed by atoms with Gasteiger partial charge in [0.2, 0.25) is 5.91 Å². The molecule has 0 aromatic heterocycles. The van der Waals surface area contributed by atoms with Gasteiger partial charge in [-0.05, 0) is 25.5 Å². The Bertz CT molecular complexity index is 942. The molecule has 158 valence electrons. The second-order valence-electron chi connectivity index (χ2n) is 6.75. The Morgan fingerprint density at radius 3 is 2.37 bits per heavy atom. The molecule has 0 fully saturated rings. The number of nitro benzene ring substituents is 1. The quantitative estimate of drug-likeness (QED) is 0.389. The maximum atomic E-state index is 12.6. The van der Waals surface area contributed by atoms with Gasteiger partial charge in [-0.1, -0.05) is 35.9 Å². The number of rotatable bonds is 8. The van der Waals surface area contributed by atoms with E-state index in [9.17, 15) is 24.5 Å². The van der Waals surface area contributed by atoms with Crippen LogP contribution in [0, 0.1) is 17.0 Å². The number of carbonyl (C=O) groups is 3. The van der Waals surface area contributed by atoms with Gasteiger partial charge in [-0.15, -0.1) is 0 Å². The topological polar surface area (TPSA) is 128 Å². The van der Waals surface area contributed by atoms with Crippen LogP contribution in [0.2, 0.25) is 0 Å². The predicted octanol–water partition coefficient (Wildman–Crippen LogP) is 2.44. The molecule has 0 saturated heterocycles. The summed E-state index contributed by atoms with van der Waals surface area (Å²) < 4.78 is 4.71. The number of nitrogens with zero attached hydrogens (tertiary/aromatic N) is 1. The van der Waals surface area contributed by atoms with Crippen molar-refractivity contribution in [2.24, 2.45) is 0 Å². The number of nitrogens with one attached hydrogen (secondary N) is 2. The number of hydrogen-bond acceptors (Lipinski definition) is 6. The molecular weight excluding hydrogens is 390 g/mol. The van der Waals surface area contributed by atoms with E-state index < -0.39 is 34.8 Å². The number of esters is 1. The SMILES string of the molecule is COC(=O)CC(NC(=O)[C@H](C)NC(=O)c1cccc([N+](=O)[O-])c1)c1ccc(C)cc1. The highest BCUT2D eigenvalue weighted by Crippen LogP contribution is 2.19. The van der Waals surface area contributed by atoms with E-state index in [2.05, 4.69) is 10.6 Å². The Hall–Kier alpha value is -3.75. The second-order valence-corrected chi connectivity index (χ2v) is 6.75. The zero-order chi connectivity index (χ0) is 22.3.